The van der Waals surface area contributed by atoms with Gasteiger partial charge in [-0.3, -0.25) is 4.79 Å². The molecule has 2 N–H and O–H groups in total. The molecular weight excluding hydrogens is 290 g/mol. The summed E-state index contributed by atoms with van der Waals surface area (Å²) in [5.41, 5.74) is 3.83. The second-order valence-corrected chi connectivity index (χ2v) is 6.29. The van der Waals surface area contributed by atoms with E-state index in [4.69, 9.17) is 9.84 Å². The third-order valence-electron chi connectivity index (χ3n) is 3.94. The van der Waals surface area contributed by atoms with Crippen LogP contribution >= 0.6 is 0 Å². The molecule has 0 saturated heterocycles. The lowest BCUT2D eigenvalue weighted by Gasteiger charge is -2.08. The number of nitrogens with one attached hydrogen (secondary N) is 1. The first kappa shape index (κ1) is 17.3. The van der Waals surface area contributed by atoms with Crippen LogP contribution in [0, 0.1) is 5.92 Å². The molecule has 0 saturated carbocycles. The molecule has 0 amide bonds. The number of aromatic amines is 1. The van der Waals surface area contributed by atoms with E-state index in [0.29, 0.717) is 12.1 Å². The molecule has 1 aromatic heterocycles. The van der Waals surface area contributed by atoms with Crippen LogP contribution < -0.4 is 4.74 Å². The number of carbonyl (C=O) groups excluding carboxylic acids is 1. The lowest BCUT2D eigenvalue weighted by atomic mass is 10.0. The SMILES string of the molecule is COc1ccc2cc(C(=O)CC(C)CO)[nH]c2c1CC=C(C)C. The highest BCUT2D eigenvalue weighted by Crippen LogP contribution is 2.29. The zero-order valence-corrected chi connectivity index (χ0v) is 14.3. The Hall–Kier alpha value is -2.07. The molecular formula is C19H25NO3. The van der Waals surface area contributed by atoms with Crippen LogP contribution in [0.2, 0.25) is 0 Å². The number of methoxy groups -OCH3 is 1. The monoisotopic (exact) mass is 315 g/mol. The quantitative estimate of drug-likeness (QED) is 0.602. The normalized spacial score (nSPS) is 12.2. The number of Topliss-reactive ketones (excluding diaryl/α,β-unsaturated/α-hetero) is 1. The van der Waals surface area contributed by atoms with Gasteiger partial charge in [0.1, 0.15) is 5.75 Å². The molecule has 0 fully saturated rings. The minimum Gasteiger partial charge on any atom is -0.496 e. The number of carbonyl (C=O) groups is 1. The number of benzene rings is 1. The molecule has 1 unspecified atom stereocenters. The summed E-state index contributed by atoms with van der Waals surface area (Å²) in [4.78, 5) is 15.6. The van der Waals surface area contributed by atoms with Crippen molar-refractivity contribution in [3.8, 4) is 5.75 Å². The van der Waals surface area contributed by atoms with E-state index in [0.717, 1.165) is 28.6 Å². The minimum atomic E-state index is -0.0337. The van der Waals surface area contributed by atoms with Crippen molar-refractivity contribution in [3.63, 3.8) is 0 Å². The number of allylic oxidation sites excluding steroid dienone is 2. The zero-order chi connectivity index (χ0) is 17.0. The van der Waals surface area contributed by atoms with Gasteiger partial charge in [0.2, 0.25) is 0 Å². The van der Waals surface area contributed by atoms with Crippen LogP contribution in [0.25, 0.3) is 10.9 Å². The number of ketones is 1. The molecule has 23 heavy (non-hydrogen) atoms. The van der Waals surface area contributed by atoms with Gasteiger partial charge in [-0.25, -0.2) is 0 Å². The number of hydrogen-bond donors (Lipinski definition) is 2. The molecule has 0 aliphatic heterocycles. The van der Waals surface area contributed by atoms with E-state index in [2.05, 4.69) is 24.9 Å². The number of H-pyrrole nitrogens is 1. The average molecular weight is 315 g/mol. The van der Waals surface area contributed by atoms with Gasteiger partial charge in [0, 0.05) is 24.0 Å². The van der Waals surface area contributed by atoms with Crippen LogP contribution in [0.3, 0.4) is 0 Å². The maximum atomic E-state index is 12.3. The van der Waals surface area contributed by atoms with Crippen LogP contribution in [-0.4, -0.2) is 29.6 Å². The lowest BCUT2D eigenvalue weighted by Crippen LogP contribution is -2.09. The van der Waals surface area contributed by atoms with Gasteiger partial charge in [0.15, 0.2) is 5.78 Å². The summed E-state index contributed by atoms with van der Waals surface area (Å²) >= 11 is 0. The molecule has 1 heterocycles. The molecule has 1 atom stereocenters. The molecule has 2 rings (SSSR count). The Labute approximate surface area is 137 Å². The molecule has 2 aromatic rings. The fraction of sp³-hybridized carbons (Fsp3) is 0.421. The number of aliphatic hydroxyl groups excluding tert-OH is 1. The third kappa shape index (κ3) is 4.02. The Bertz CT molecular complexity index is 724. The molecule has 4 nitrogen and oxygen atoms in total. The number of hydrogen-bond acceptors (Lipinski definition) is 3. The fourth-order valence-electron chi connectivity index (χ4n) is 2.58. The van der Waals surface area contributed by atoms with Gasteiger partial charge in [-0.05, 0) is 44.4 Å². The molecule has 0 bridgehead atoms. The summed E-state index contributed by atoms with van der Waals surface area (Å²) in [6, 6.07) is 5.78. The summed E-state index contributed by atoms with van der Waals surface area (Å²) < 4.78 is 5.47. The van der Waals surface area contributed by atoms with Crippen molar-refractivity contribution in [1.29, 1.82) is 0 Å². The van der Waals surface area contributed by atoms with Crippen molar-refractivity contribution in [2.45, 2.75) is 33.6 Å². The Morgan fingerprint density at radius 1 is 1.39 bits per heavy atom. The number of aliphatic hydroxyl groups is 1. The van der Waals surface area contributed by atoms with Gasteiger partial charge in [0.25, 0.3) is 0 Å². The van der Waals surface area contributed by atoms with E-state index in [1.807, 2.05) is 25.1 Å². The molecule has 0 aliphatic rings. The molecule has 1 aromatic carbocycles. The predicted octanol–water partition coefficient (Wildman–Crippen LogP) is 3.89. The van der Waals surface area contributed by atoms with Crippen LogP contribution in [0.15, 0.2) is 29.8 Å². The lowest BCUT2D eigenvalue weighted by molar-refractivity contribution is 0.0939. The summed E-state index contributed by atoms with van der Waals surface area (Å²) in [5, 5.41) is 10.1. The Morgan fingerprint density at radius 3 is 2.74 bits per heavy atom. The van der Waals surface area contributed by atoms with Crippen LogP contribution in [-0.2, 0) is 6.42 Å². The van der Waals surface area contributed by atoms with Gasteiger partial charge in [-0.1, -0.05) is 18.6 Å². The van der Waals surface area contributed by atoms with Crippen molar-refractivity contribution in [3.05, 3.63) is 41.1 Å². The van der Waals surface area contributed by atoms with Gasteiger partial charge in [-0.15, -0.1) is 0 Å². The highest BCUT2D eigenvalue weighted by atomic mass is 16.5. The Balaban J connectivity index is 2.43. The molecule has 124 valence electrons. The van der Waals surface area contributed by atoms with E-state index >= 15 is 0 Å². The molecule has 0 aliphatic carbocycles. The second-order valence-electron chi connectivity index (χ2n) is 6.29. The highest BCUT2D eigenvalue weighted by molar-refractivity contribution is 6.00. The average Bonchev–Trinajstić information content (AvgIpc) is 2.96. The van der Waals surface area contributed by atoms with Crippen molar-refractivity contribution < 1.29 is 14.6 Å². The number of aromatic nitrogens is 1. The standard InChI is InChI=1S/C19H25NO3/c1-12(2)5-7-15-18(23-4)8-6-14-10-16(20-19(14)15)17(22)9-13(3)11-21/h5-6,8,10,13,20-21H,7,9,11H2,1-4H3. The number of fused-ring (bicyclic) bond motifs is 1. The summed E-state index contributed by atoms with van der Waals surface area (Å²) in [6.07, 6.45) is 3.24. The van der Waals surface area contributed by atoms with E-state index < -0.39 is 0 Å². The van der Waals surface area contributed by atoms with Crippen LogP contribution in [0.4, 0.5) is 0 Å². The first-order chi connectivity index (χ1) is 11.0. The highest BCUT2D eigenvalue weighted by Gasteiger charge is 2.16. The summed E-state index contributed by atoms with van der Waals surface area (Å²) in [6.45, 7) is 6.01. The van der Waals surface area contributed by atoms with E-state index in [9.17, 15) is 4.79 Å². The Morgan fingerprint density at radius 2 is 2.13 bits per heavy atom. The molecule has 4 heteroatoms. The van der Waals surface area contributed by atoms with Crippen molar-refractivity contribution >= 4 is 16.7 Å². The van der Waals surface area contributed by atoms with Crippen LogP contribution in [0.5, 0.6) is 5.75 Å². The third-order valence-corrected chi connectivity index (χ3v) is 3.94. The van der Waals surface area contributed by atoms with Gasteiger partial charge in [0.05, 0.1) is 18.3 Å². The topological polar surface area (TPSA) is 62.3 Å². The zero-order valence-electron chi connectivity index (χ0n) is 14.3. The first-order valence-electron chi connectivity index (χ1n) is 7.92. The van der Waals surface area contributed by atoms with Gasteiger partial charge < -0.3 is 14.8 Å². The predicted molar refractivity (Wildman–Crippen MR) is 93.2 cm³/mol. The largest absolute Gasteiger partial charge is 0.496 e. The van der Waals surface area contributed by atoms with Crippen molar-refractivity contribution in [2.75, 3.05) is 13.7 Å². The second kappa shape index (κ2) is 7.47. The first-order valence-corrected chi connectivity index (χ1v) is 7.92. The summed E-state index contributed by atoms with van der Waals surface area (Å²) in [7, 11) is 1.66. The minimum absolute atomic E-state index is 0.0195. The van der Waals surface area contributed by atoms with E-state index in [1.165, 1.54) is 5.57 Å². The van der Waals surface area contributed by atoms with Crippen molar-refractivity contribution in [2.24, 2.45) is 5.92 Å². The fourth-order valence-corrected chi connectivity index (χ4v) is 2.58. The maximum Gasteiger partial charge on any atom is 0.179 e. The smallest absolute Gasteiger partial charge is 0.179 e. The number of rotatable bonds is 7. The molecule has 0 spiro atoms. The van der Waals surface area contributed by atoms with Crippen LogP contribution in [0.1, 0.15) is 43.2 Å². The Kier molecular flexibility index (Phi) is 5.61. The van der Waals surface area contributed by atoms with Crippen molar-refractivity contribution in [1.82, 2.24) is 4.98 Å². The van der Waals surface area contributed by atoms with E-state index in [-0.39, 0.29) is 18.3 Å². The van der Waals surface area contributed by atoms with Gasteiger partial charge in [-0.2, -0.15) is 0 Å². The summed E-state index contributed by atoms with van der Waals surface area (Å²) in [5.74, 6) is 0.808. The van der Waals surface area contributed by atoms with Gasteiger partial charge >= 0.3 is 0 Å². The number of ether oxygens (including phenoxy) is 1. The molecule has 0 radical (unpaired) electrons. The van der Waals surface area contributed by atoms with E-state index in [1.54, 1.807) is 7.11 Å². The maximum absolute atomic E-state index is 12.3.